The fourth-order valence-corrected chi connectivity index (χ4v) is 2.01. The van der Waals surface area contributed by atoms with E-state index in [1.165, 1.54) is 0 Å². The largest absolute Gasteiger partial charge is 0.352 e. The molecule has 0 aliphatic carbocycles. The second kappa shape index (κ2) is 7.12. The molecule has 0 saturated heterocycles. The number of carbonyl (C=O) groups is 1. The summed E-state index contributed by atoms with van der Waals surface area (Å²) >= 11 is 8.01. The molecule has 0 aliphatic heterocycles. The molecule has 0 heterocycles. The topological polar surface area (TPSA) is 29.1 Å². The van der Waals surface area contributed by atoms with Crippen LogP contribution in [0.25, 0.3) is 0 Å². The molecule has 4 heteroatoms. The van der Waals surface area contributed by atoms with Gasteiger partial charge < -0.3 is 5.32 Å². The van der Waals surface area contributed by atoms with Gasteiger partial charge >= 0.3 is 0 Å². The maximum absolute atomic E-state index is 11.7. The zero-order valence-electron chi connectivity index (χ0n) is 9.17. The van der Waals surface area contributed by atoms with Gasteiger partial charge in [-0.3, -0.25) is 4.79 Å². The minimum Gasteiger partial charge on any atom is -0.352 e. The summed E-state index contributed by atoms with van der Waals surface area (Å²) in [6, 6.07) is 7.55. The summed E-state index contributed by atoms with van der Waals surface area (Å²) in [6.45, 7) is 2.64. The molecule has 1 rings (SSSR count). The van der Waals surface area contributed by atoms with Crippen LogP contribution in [0.3, 0.4) is 0 Å². The quantitative estimate of drug-likeness (QED) is 0.491. The average Bonchev–Trinajstić information content (AvgIpc) is 2.24. The van der Waals surface area contributed by atoms with Crippen LogP contribution in [0.15, 0.2) is 24.3 Å². The molecule has 1 unspecified atom stereocenters. The van der Waals surface area contributed by atoms with Crippen LogP contribution in [0.1, 0.15) is 30.1 Å². The number of amides is 1. The van der Waals surface area contributed by atoms with Gasteiger partial charge in [-0.15, -0.1) is 11.6 Å². The van der Waals surface area contributed by atoms with Crippen molar-refractivity contribution in [2.24, 2.45) is 0 Å². The van der Waals surface area contributed by atoms with E-state index in [1.54, 1.807) is 0 Å². The number of alkyl halides is 1. The molecule has 0 spiro atoms. The Morgan fingerprint density at radius 3 is 2.94 bits per heavy atom. The molecular formula is C12H15ClINO. The molecule has 0 aromatic heterocycles. The summed E-state index contributed by atoms with van der Waals surface area (Å²) in [5, 5.41) is 3.06. The van der Waals surface area contributed by atoms with Crippen molar-refractivity contribution in [2.75, 3.05) is 6.54 Å². The number of carbonyl (C=O) groups excluding carboxylic acids is 1. The Hall–Kier alpha value is -0.290. The maximum Gasteiger partial charge on any atom is 0.251 e. The van der Waals surface area contributed by atoms with Gasteiger partial charge in [-0.1, -0.05) is 6.07 Å². The molecule has 88 valence electrons. The van der Waals surface area contributed by atoms with Crippen LogP contribution in [0.2, 0.25) is 0 Å². The molecule has 0 aliphatic rings. The monoisotopic (exact) mass is 351 g/mol. The van der Waals surface area contributed by atoms with Gasteiger partial charge in [0.25, 0.3) is 5.91 Å². The van der Waals surface area contributed by atoms with E-state index in [0.717, 1.165) is 16.4 Å². The fraction of sp³-hybridized carbons (Fsp3) is 0.417. The predicted molar refractivity (Wildman–Crippen MR) is 76.0 cm³/mol. The first-order chi connectivity index (χ1) is 7.59. The van der Waals surface area contributed by atoms with Crippen LogP contribution in [-0.4, -0.2) is 17.8 Å². The van der Waals surface area contributed by atoms with Gasteiger partial charge in [-0.05, 0) is 60.6 Å². The second-order valence-electron chi connectivity index (χ2n) is 3.69. The molecular weight excluding hydrogens is 336 g/mol. The van der Waals surface area contributed by atoms with Gasteiger partial charge in [0.15, 0.2) is 0 Å². The average molecular weight is 352 g/mol. The summed E-state index contributed by atoms with van der Waals surface area (Å²) < 4.78 is 1.07. The third-order valence-corrected chi connectivity index (χ3v) is 3.04. The summed E-state index contributed by atoms with van der Waals surface area (Å²) in [4.78, 5) is 11.7. The summed E-state index contributed by atoms with van der Waals surface area (Å²) in [5.41, 5.74) is 0.714. The zero-order valence-corrected chi connectivity index (χ0v) is 12.1. The molecule has 0 fully saturated rings. The lowest BCUT2D eigenvalue weighted by molar-refractivity contribution is 0.0953. The number of benzene rings is 1. The minimum absolute atomic E-state index is 0.0132. The van der Waals surface area contributed by atoms with Gasteiger partial charge in [0.1, 0.15) is 0 Å². The number of hydrogen-bond donors (Lipinski definition) is 1. The standard InChI is InChI=1S/C12H15ClINO/c1-9(13)4-3-7-15-12(16)10-5-2-6-11(14)8-10/h2,5-6,8-9H,3-4,7H2,1H3,(H,15,16). The van der Waals surface area contributed by atoms with Crippen LogP contribution < -0.4 is 5.32 Å². The van der Waals surface area contributed by atoms with Crippen molar-refractivity contribution in [2.45, 2.75) is 25.1 Å². The fourth-order valence-electron chi connectivity index (χ4n) is 1.32. The summed E-state index contributed by atoms with van der Waals surface area (Å²) in [6.07, 6.45) is 1.84. The van der Waals surface area contributed by atoms with E-state index in [-0.39, 0.29) is 11.3 Å². The molecule has 16 heavy (non-hydrogen) atoms. The number of halogens is 2. The van der Waals surface area contributed by atoms with Crippen molar-refractivity contribution in [3.8, 4) is 0 Å². The molecule has 1 aromatic rings. The number of hydrogen-bond acceptors (Lipinski definition) is 1. The second-order valence-corrected chi connectivity index (χ2v) is 5.68. The lowest BCUT2D eigenvalue weighted by Gasteiger charge is -2.06. The van der Waals surface area contributed by atoms with Crippen LogP contribution in [0.5, 0.6) is 0 Å². The Morgan fingerprint density at radius 2 is 2.31 bits per heavy atom. The Morgan fingerprint density at radius 1 is 1.56 bits per heavy atom. The van der Waals surface area contributed by atoms with Gasteiger partial charge in [-0.2, -0.15) is 0 Å². The van der Waals surface area contributed by atoms with Crippen LogP contribution in [0, 0.1) is 3.57 Å². The van der Waals surface area contributed by atoms with E-state index in [9.17, 15) is 4.79 Å². The molecule has 0 radical (unpaired) electrons. The highest BCUT2D eigenvalue weighted by Crippen LogP contribution is 2.08. The van der Waals surface area contributed by atoms with Gasteiger partial charge in [0, 0.05) is 21.1 Å². The van der Waals surface area contributed by atoms with Crippen LogP contribution in [0.4, 0.5) is 0 Å². The zero-order chi connectivity index (χ0) is 12.0. The summed E-state index contributed by atoms with van der Waals surface area (Å²) in [5.74, 6) is -0.0132. The van der Waals surface area contributed by atoms with Gasteiger partial charge in [-0.25, -0.2) is 0 Å². The minimum atomic E-state index is -0.0132. The van der Waals surface area contributed by atoms with Crippen molar-refractivity contribution < 1.29 is 4.79 Å². The SMILES string of the molecule is CC(Cl)CCCNC(=O)c1cccc(I)c1. The highest BCUT2D eigenvalue weighted by molar-refractivity contribution is 14.1. The molecule has 1 atom stereocenters. The highest BCUT2D eigenvalue weighted by atomic mass is 127. The van der Waals surface area contributed by atoms with E-state index in [1.807, 2.05) is 31.2 Å². The predicted octanol–water partition coefficient (Wildman–Crippen LogP) is 3.43. The normalized spacial score (nSPS) is 12.2. The first kappa shape index (κ1) is 13.8. The molecule has 1 aromatic carbocycles. The van der Waals surface area contributed by atoms with E-state index >= 15 is 0 Å². The Kier molecular flexibility index (Phi) is 6.13. The maximum atomic E-state index is 11.7. The molecule has 0 bridgehead atoms. The first-order valence-electron chi connectivity index (χ1n) is 5.27. The van der Waals surface area contributed by atoms with E-state index < -0.39 is 0 Å². The molecule has 0 saturated carbocycles. The van der Waals surface area contributed by atoms with Crippen molar-refractivity contribution in [3.63, 3.8) is 0 Å². The number of nitrogens with one attached hydrogen (secondary N) is 1. The lowest BCUT2D eigenvalue weighted by atomic mass is 10.2. The van der Waals surface area contributed by atoms with Gasteiger partial charge in [0.2, 0.25) is 0 Å². The van der Waals surface area contributed by atoms with Crippen LogP contribution >= 0.6 is 34.2 Å². The lowest BCUT2D eigenvalue weighted by Crippen LogP contribution is -2.24. The Labute approximate surface area is 115 Å². The Balaban J connectivity index is 2.35. The Bertz CT molecular complexity index is 355. The van der Waals surface area contributed by atoms with E-state index in [4.69, 9.17) is 11.6 Å². The summed E-state index contributed by atoms with van der Waals surface area (Å²) in [7, 11) is 0. The van der Waals surface area contributed by atoms with Crippen molar-refractivity contribution >= 4 is 40.1 Å². The third kappa shape index (κ3) is 5.16. The number of rotatable bonds is 5. The van der Waals surface area contributed by atoms with Gasteiger partial charge in [0.05, 0.1) is 0 Å². The molecule has 1 N–H and O–H groups in total. The van der Waals surface area contributed by atoms with E-state index in [2.05, 4.69) is 27.9 Å². The third-order valence-electron chi connectivity index (χ3n) is 2.15. The van der Waals surface area contributed by atoms with E-state index in [0.29, 0.717) is 12.1 Å². The van der Waals surface area contributed by atoms with Crippen molar-refractivity contribution in [3.05, 3.63) is 33.4 Å². The highest BCUT2D eigenvalue weighted by Gasteiger charge is 2.04. The smallest absolute Gasteiger partial charge is 0.251 e. The first-order valence-corrected chi connectivity index (χ1v) is 6.79. The van der Waals surface area contributed by atoms with Crippen molar-refractivity contribution in [1.82, 2.24) is 5.32 Å². The van der Waals surface area contributed by atoms with Crippen LogP contribution in [-0.2, 0) is 0 Å². The molecule has 1 amide bonds. The van der Waals surface area contributed by atoms with Crippen molar-refractivity contribution in [1.29, 1.82) is 0 Å². The molecule has 2 nitrogen and oxygen atoms in total.